The first-order valence-corrected chi connectivity index (χ1v) is 19.8. The van der Waals surface area contributed by atoms with Crippen LogP contribution in [-0.4, -0.2) is 63.7 Å². The first-order chi connectivity index (χ1) is 25.6. The van der Waals surface area contributed by atoms with E-state index in [-0.39, 0.29) is 34.0 Å². The number of sulfonamides is 2. The van der Waals surface area contributed by atoms with Gasteiger partial charge < -0.3 is 15.5 Å². The summed E-state index contributed by atoms with van der Waals surface area (Å²) < 4.78 is 55.9. The number of nitrogens with one attached hydrogen (secondary N) is 5. The van der Waals surface area contributed by atoms with Crippen molar-refractivity contribution in [3.8, 4) is 0 Å². The molecule has 0 saturated carbocycles. The molecule has 54 heavy (non-hydrogen) atoms. The minimum atomic E-state index is -3.84. The van der Waals surface area contributed by atoms with Gasteiger partial charge in [-0.05, 0) is 99.5 Å². The fourth-order valence-corrected chi connectivity index (χ4v) is 7.16. The molecule has 0 atom stereocenters. The molecule has 6 N–H and O–H groups in total. The predicted molar refractivity (Wildman–Crippen MR) is 204 cm³/mol. The smallest absolute Gasteiger partial charge is 0.261 e. The first-order valence-electron chi connectivity index (χ1n) is 16.8. The Bertz CT molecular complexity index is 2010. The van der Waals surface area contributed by atoms with Gasteiger partial charge in [0.15, 0.2) is 0 Å². The Kier molecular flexibility index (Phi) is 14.3. The van der Waals surface area contributed by atoms with Crippen LogP contribution in [0.3, 0.4) is 0 Å². The molecule has 4 amide bonds. The summed E-state index contributed by atoms with van der Waals surface area (Å²) in [5.74, 6) is -2.28. The molecule has 0 spiro atoms. The molecule has 286 valence electrons. The minimum Gasteiger partial charge on any atom is -0.325 e. The van der Waals surface area contributed by atoms with Crippen molar-refractivity contribution in [3.05, 3.63) is 108 Å². The van der Waals surface area contributed by atoms with Gasteiger partial charge in [0.1, 0.15) is 13.1 Å². The highest BCUT2D eigenvalue weighted by Crippen LogP contribution is 2.21. The van der Waals surface area contributed by atoms with Crippen molar-refractivity contribution in [1.29, 1.82) is 0 Å². The number of unbranched alkanes of at least 4 members (excludes halogenated alkanes) is 2. The van der Waals surface area contributed by atoms with Crippen LogP contribution in [0.1, 0.15) is 43.2 Å². The summed E-state index contributed by atoms with van der Waals surface area (Å²) in [4.78, 5) is 51.9. The van der Waals surface area contributed by atoms with Crippen LogP contribution in [0.15, 0.2) is 107 Å². The molecule has 0 radical (unpaired) electrons. The monoisotopic (exact) mass is 778 g/mol. The molecule has 15 nitrogen and oxygen atoms in total. The first kappa shape index (κ1) is 41.0. The van der Waals surface area contributed by atoms with Crippen LogP contribution in [0.25, 0.3) is 0 Å². The normalized spacial score (nSPS) is 11.2. The number of rotatable bonds is 18. The largest absolute Gasteiger partial charge is 0.325 e. The Balaban J connectivity index is 1.37. The fraction of sp³-hybridized carbons (Fsp3) is 0.243. The van der Waals surface area contributed by atoms with Gasteiger partial charge in [0, 0.05) is 35.6 Å². The van der Waals surface area contributed by atoms with E-state index >= 15 is 0 Å². The Morgan fingerprint density at radius 3 is 1.28 bits per heavy atom. The summed E-state index contributed by atoms with van der Waals surface area (Å²) in [6.45, 7) is 2.72. The van der Waals surface area contributed by atoms with Gasteiger partial charge in [0.05, 0.1) is 9.79 Å². The highest BCUT2D eigenvalue weighted by atomic mass is 32.2. The van der Waals surface area contributed by atoms with Crippen LogP contribution < -0.4 is 25.6 Å². The van der Waals surface area contributed by atoms with Gasteiger partial charge in [-0.2, -0.15) is 0 Å². The maximum absolute atomic E-state index is 13.2. The van der Waals surface area contributed by atoms with E-state index in [1.165, 1.54) is 72.8 Å². The molecule has 0 bridgehead atoms. The molecule has 4 aromatic carbocycles. The summed E-state index contributed by atoms with van der Waals surface area (Å²) in [6, 6.07) is 24.5. The van der Waals surface area contributed by atoms with Crippen molar-refractivity contribution in [2.24, 2.45) is 0 Å². The average Bonchev–Trinajstić information content (AvgIpc) is 3.12. The minimum absolute atomic E-state index is 0.0209. The maximum atomic E-state index is 13.2. The van der Waals surface area contributed by atoms with Crippen LogP contribution in [-0.2, 0) is 39.2 Å². The summed E-state index contributed by atoms with van der Waals surface area (Å²) in [5, 5.41) is 14.0. The maximum Gasteiger partial charge on any atom is 0.261 e. The van der Waals surface area contributed by atoms with E-state index in [2.05, 4.69) is 20.1 Å². The summed E-state index contributed by atoms with van der Waals surface area (Å²) >= 11 is 0. The zero-order chi connectivity index (χ0) is 39.3. The third-order valence-corrected chi connectivity index (χ3v) is 10.7. The van der Waals surface area contributed by atoms with Gasteiger partial charge in [0.2, 0.25) is 23.6 Å². The quantitative estimate of drug-likeness (QED) is 0.0465. The number of benzene rings is 4. The van der Waals surface area contributed by atoms with Crippen LogP contribution in [0.5, 0.6) is 0 Å². The lowest BCUT2D eigenvalue weighted by Crippen LogP contribution is -2.42. The van der Waals surface area contributed by atoms with Gasteiger partial charge in [-0.3, -0.25) is 33.8 Å². The second kappa shape index (κ2) is 18.8. The molecule has 0 aliphatic carbocycles. The van der Waals surface area contributed by atoms with Crippen LogP contribution in [0.2, 0.25) is 0 Å². The van der Waals surface area contributed by atoms with E-state index in [0.29, 0.717) is 30.6 Å². The molecular formula is C37H42N6O9S2. The van der Waals surface area contributed by atoms with Crippen molar-refractivity contribution in [3.63, 3.8) is 0 Å². The van der Waals surface area contributed by atoms with E-state index in [0.717, 1.165) is 16.0 Å². The second-order valence-electron chi connectivity index (χ2n) is 12.4. The lowest BCUT2D eigenvalue weighted by Gasteiger charge is -2.22. The number of nitrogens with zero attached hydrogens (tertiary/aromatic N) is 1. The number of hydrogen-bond acceptors (Lipinski definition) is 9. The zero-order valence-corrected chi connectivity index (χ0v) is 31.3. The average molecular weight is 779 g/mol. The van der Waals surface area contributed by atoms with Crippen LogP contribution in [0.4, 0.5) is 22.7 Å². The molecule has 0 aliphatic rings. The lowest BCUT2D eigenvalue weighted by molar-refractivity contribution is -0.137. The molecule has 0 heterocycles. The van der Waals surface area contributed by atoms with Gasteiger partial charge >= 0.3 is 0 Å². The number of carbonyl (C=O) groups is 4. The Hall–Kier alpha value is -5.78. The zero-order valence-electron chi connectivity index (χ0n) is 29.7. The van der Waals surface area contributed by atoms with E-state index in [9.17, 15) is 36.0 Å². The Morgan fingerprint density at radius 2 is 0.889 bits per heavy atom. The topological polar surface area (TPSA) is 220 Å². The number of carbonyl (C=O) groups excluding carboxylic acids is 4. The van der Waals surface area contributed by atoms with Gasteiger partial charge in [-0.1, -0.05) is 41.8 Å². The van der Waals surface area contributed by atoms with E-state index in [1.807, 2.05) is 13.8 Å². The molecule has 0 saturated heterocycles. The third kappa shape index (κ3) is 12.7. The van der Waals surface area contributed by atoms with Crippen molar-refractivity contribution >= 4 is 66.4 Å². The number of hydrogen-bond donors (Lipinski definition) is 6. The molecular weight excluding hydrogens is 737 g/mol. The third-order valence-electron chi connectivity index (χ3n) is 7.95. The SMILES string of the molecule is Cc1ccc(S(=O)(=O)Nc2ccc(NC(=O)CN(CC(=O)Nc3ccc(NS(=O)(=O)c4ccc(C)cc4)cc3)C(=O)CCCCCC(=O)NO)cc2)cc1. The number of amides is 4. The van der Waals surface area contributed by atoms with E-state index in [4.69, 9.17) is 5.21 Å². The number of anilines is 4. The second-order valence-corrected chi connectivity index (χ2v) is 15.8. The lowest BCUT2D eigenvalue weighted by atomic mass is 10.1. The van der Waals surface area contributed by atoms with Gasteiger partial charge in [0.25, 0.3) is 20.0 Å². The van der Waals surface area contributed by atoms with Crippen molar-refractivity contribution in [2.45, 2.75) is 55.7 Å². The van der Waals surface area contributed by atoms with Gasteiger partial charge in [-0.25, -0.2) is 22.3 Å². The molecule has 4 aromatic rings. The standard InChI is InChI=1S/C37H42N6O9S2/c1-26-8-20-32(21-9-26)53(49,50)41-30-16-12-28(13-17-30)38-35(45)24-43(37(47)7-5-3-4-6-34(44)40-48)25-36(46)39-29-14-18-31(19-15-29)42-54(51,52)33-22-10-27(2)11-23-33/h8-23,41-42,48H,3-7,24-25H2,1-2H3,(H,38,45)(H,39,46)(H,40,44). The van der Waals surface area contributed by atoms with E-state index in [1.54, 1.807) is 29.7 Å². The number of hydroxylamine groups is 1. The molecule has 0 aliphatic heterocycles. The molecule has 17 heteroatoms. The Labute approximate surface area is 314 Å². The van der Waals surface area contributed by atoms with Crippen LogP contribution >= 0.6 is 0 Å². The molecule has 4 rings (SSSR count). The summed E-state index contributed by atoms with van der Waals surface area (Å²) in [7, 11) is -7.68. The summed E-state index contributed by atoms with van der Waals surface area (Å²) in [5.41, 5.74) is 4.52. The van der Waals surface area contributed by atoms with Crippen molar-refractivity contribution < 1.29 is 41.2 Å². The predicted octanol–water partition coefficient (Wildman–Crippen LogP) is 4.77. The summed E-state index contributed by atoms with van der Waals surface area (Å²) in [6.07, 6.45) is 1.29. The van der Waals surface area contributed by atoms with Crippen LogP contribution in [0, 0.1) is 13.8 Å². The molecule has 0 unspecified atom stereocenters. The fourth-order valence-electron chi connectivity index (χ4n) is 5.04. The van der Waals surface area contributed by atoms with Crippen molar-refractivity contribution in [2.75, 3.05) is 33.2 Å². The molecule has 0 aromatic heterocycles. The number of aryl methyl sites for hydroxylation is 2. The van der Waals surface area contributed by atoms with Crippen molar-refractivity contribution in [1.82, 2.24) is 10.4 Å². The molecule has 0 fully saturated rings. The highest BCUT2D eigenvalue weighted by Gasteiger charge is 2.21. The Morgan fingerprint density at radius 1 is 0.519 bits per heavy atom. The van der Waals surface area contributed by atoms with E-state index < -0.39 is 56.8 Å². The highest BCUT2D eigenvalue weighted by molar-refractivity contribution is 7.93. The van der Waals surface area contributed by atoms with Gasteiger partial charge in [-0.15, -0.1) is 0 Å².